The summed E-state index contributed by atoms with van der Waals surface area (Å²) in [6.07, 6.45) is 67.8. The minimum Gasteiger partial charge on any atom is -0.0533 e. The van der Waals surface area contributed by atoms with Crippen molar-refractivity contribution in [2.24, 2.45) is 130 Å². The molecule has 0 aromatic heterocycles. The Morgan fingerprint density at radius 2 is 0.344 bits per heavy atom. The largest absolute Gasteiger partial charge is 0.0533 e. The smallest absolute Gasteiger partial charge is 0.0318 e. The summed E-state index contributed by atoms with van der Waals surface area (Å²) in [7, 11) is 0. The van der Waals surface area contributed by atoms with Crippen LogP contribution in [-0.2, 0) is 0 Å². The lowest BCUT2D eigenvalue weighted by Crippen LogP contribution is -2.60. The highest BCUT2D eigenvalue weighted by molar-refractivity contribution is 5.11. The van der Waals surface area contributed by atoms with E-state index in [1.807, 2.05) is 0 Å². The predicted octanol–water partition coefficient (Wildman–Crippen LogP) is 19.1. The van der Waals surface area contributed by atoms with Crippen molar-refractivity contribution in [2.45, 2.75) is 270 Å². The molecule has 0 N–H and O–H groups in total. The molecule has 12 aliphatic rings. The molecular formula is C64H106. The summed E-state index contributed by atoms with van der Waals surface area (Å²) in [5.74, 6) is 24.6. The van der Waals surface area contributed by atoms with Crippen LogP contribution in [0.1, 0.15) is 270 Å². The number of hydrogen-bond acceptors (Lipinski definition) is 0. The van der Waals surface area contributed by atoms with Crippen molar-refractivity contribution in [1.29, 1.82) is 0 Å². The highest BCUT2D eigenvalue weighted by atomic mass is 14.7. The van der Waals surface area contributed by atoms with Gasteiger partial charge in [-0.05, 0) is 220 Å². The third-order valence-electron chi connectivity index (χ3n) is 26.0. The zero-order valence-corrected chi connectivity index (χ0v) is 42.4. The molecule has 0 saturated heterocycles. The van der Waals surface area contributed by atoms with Crippen molar-refractivity contribution < 1.29 is 0 Å². The second-order valence-electron chi connectivity index (χ2n) is 28.2. The summed E-state index contributed by atoms with van der Waals surface area (Å²) in [4.78, 5) is 0. The number of fused-ring (bicyclic) bond motifs is 4. The van der Waals surface area contributed by atoms with Crippen molar-refractivity contribution in [3.05, 3.63) is 0 Å². The first-order valence-corrected chi connectivity index (χ1v) is 31.8. The Balaban J connectivity index is 0.844. The van der Waals surface area contributed by atoms with Gasteiger partial charge in [0.15, 0.2) is 0 Å². The summed E-state index contributed by atoms with van der Waals surface area (Å²) in [6, 6.07) is 0. The van der Waals surface area contributed by atoms with Crippen molar-refractivity contribution in [1.82, 2.24) is 0 Å². The fraction of sp³-hybridized carbons (Fsp3) is 1.00. The van der Waals surface area contributed by atoms with E-state index in [1.165, 1.54) is 0 Å². The summed E-state index contributed by atoms with van der Waals surface area (Å²) < 4.78 is 0. The van der Waals surface area contributed by atoms with E-state index >= 15 is 0 Å². The second-order valence-corrected chi connectivity index (χ2v) is 28.2. The molecule has 0 nitrogen and oxygen atoms in total. The lowest BCUT2D eigenvalue weighted by atomic mass is 9.39. The fourth-order valence-corrected chi connectivity index (χ4v) is 24.1. The molecule has 362 valence electrons. The molecule has 0 heterocycles. The third kappa shape index (κ3) is 8.79. The molecule has 0 amide bonds. The van der Waals surface area contributed by atoms with E-state index in [0.29, 0.717) is 0 Å². The van der Waals surface area contributed by atoms with Crippen LogP contribution >= 0.6 is 0 Å². The number of hydrogen-bond donors (Lipinski definition) is 0. The Labute approximate surface area is 398 Å². The summed E-state index contributed by atoms with van der Waals surface area (Å²) >= 11 is 0. The van der Waals surface area contributed by atoms with Gasteiger partial charge in [-0.2, -0.15) is 0 Å². The minimum atomic E-state index is 1.10. The quantitative estimate of drug-likeness (QED) is 0.239. The van der Waals surface area contributed by atoms with Crippen LogP contribution in [0.4, 0.5) is 0 Å². The van der Waals surface area contributed by atoms with E-state index < -0.39 is 0 Å². The molecule has 0 aromatic carbocycles. The fourth-order valence-electron chi connectivity index (χ4n) is 24.1. The maximum atomic E-state index is 1.71. The van der Waals surface area contributed by atoms with Gasteiger partial charge in [0.2, 0.25) is 0 Å². The van der Waals surface area contributed by atoms with Crippen LogP contribution < -0.4 is 0 Å². The Morgan fingerprint density at radius 3 is 0.609 bits per heavy atom. The zero-order valence-electron chi connectivity index (χ0n) is 42.4. The molecule has 0 aliphatic heterocycles. The van der Waals surface area contributed by atoms with Gasteiger partial charge >= 0.3 is 0 Å². The standard InChI is InChI=1S/C64H106/c1-5-21-43(22-6-1)49-39-37-47(41-59(49)45-25-9-3-10-26-45)61-51-29-13-17-33-55(51)63(56-34-18-14-30-52(56)61)64-57-35-19-15-31-53(57)62(54-32-16-20-36-58(54)64)48-38-40-50(44-23-7-2-8-24-44)60(42-48)46-27-11-4-12-28-46/h43-64H,1-42H2. The molecule has 14 atom stereocenters. The van der Waals surface area contributed by atoms with Gasteiger partial charge in [0.25, 0.3) is 0 Å². The molecule has 0 radical (unpaired) electrons. The Hall–Kier alpha value is 0. The molecule has 0 spiro atoms. The molecular weight excluding hydrogens is 769 g/mol. The van der Waals surface area contributed by atoms with E-state index in [0.717, 1.165) is 130 Å². The highest BCUT2D eigenvalue weighted by Gasteiger charge is 2.62. The second kappa shape index (κ2) is 20.8. The van der Waals surface area contributed by atoms with E-state index in [4.69, 9.17) is 0 Å². The Bertz CT molecular complexity index is 1280. The Morgan fingerprint density at radius 1 is 0.125 bits per heavy atom. The van der Waals surface area contributed by atoms with Crippen LogP contribution in [-0.4, -0.2) is 0 Å². The minimum absolute atomic E-state index is 1.10. The zero-order chi connectivity index (χ0) is 42.4. The molecule has 0 aromatic rings. The molecule has 12 saturated carbocycles. The average Bonchev–Trinajstić information content (AvgIpc) is 3.38. The summed E-state index contributed by atoms with van der Waals surface area (Å²) in [5, 5.41) is 0. The highest BCUT2D eigenvalue weighted by Crippen LogP contribution is 2.69. The van der Waals surface area contributed by atoms with Crippen LogP contribution in [0.3, 0.4) is 0 Å². The SMILES string of the molecule is C1CCC(C2CCC(C3C4CCCCC4C(C4C5CCCCC5C(C5CCC(C6CCCCC6)C(C6CCCCC6)C5)C5CCCCC54)C4CCCCC43)CC2C2CCCCC2)CC1. The lowest BCUT2D eigenvalue weighted by molar-refractivity contribution is -0.177. The molecule has 12 fully saturated rings. The van der Waals surface area contributed by atoms with Gasteiger partial charge in [0.1, 0.15) is 0 Å². The van der Waals surface area contributed by atoms with Gasteiger partial charge in [0.05, 0.1) is 0 Å². The van der Waals surface area contributed by atoms with Crippen molar-refractivity contribution >= 4 is 0 Å². The maximum absolute atomic E-state index is 1.71. The van der Waals surface area contributed by atoms with Crippen molar-refractivity contribution in [3.8, 4) is 0 Å². The van der Waals surface area contributed by atoms with Crippen LogP contribution in [0.5, 0.6) is 0 Å². The van der Waals surface area contributed by atoms with Gasteiger partial charge in [0, 0.05) is 0 Å². The van der Waals surface area contributed by atoms with Crippen LogP contribution in [0.15, 0.2) is 0 Å². The summed E-state index contributed by atoms with van der Waals surface area (Å²) in [5.41, 5.74) is 0. The molecule has 12 rings (SSSR count). The first kappa shape index (κ1) is 45.2. The van der Waals surface area contributed by atoms with Gasteiger partial charge in [-0.15, -0.1) is 0 Å². The van der Waals surface area contributed by atoms with E-state index in [9.17, 15) is 0 Å². The molecule has 14 unspecified atom stereocenters. The van der Waals surface area contributed by atoms with E-state index in [2.05, 4.69) is 0 Å². The van der Waals surface area contributed by atoms with E-state index in [-0.39, 0.29) is 0 Å². The molecule has 0 heteroatoms. The first-order valence-electron chi connectivity index (χ1n) is 31.8. The third-order valence-corrected chi connectivity index (χ3v) is 26.0. The van der Waals surface area contributed by atoms with Gasteiger partial charge in [-0.1, -0.05) is 180 Å². The van der Waals surface area contributed by atoms with Gasteiger partial charge in [-0.3, -0.25) is 0 Å². The van der Waals surface area contributed by atoms with Crippen LogP contribution in [0.2, 0.25) is 0 Å². The van der Waals surface area contributed by atoms with Gasteiger partial charge < -0.3 is 0 Å². The topological polar surface area (TPSA) is 0 Å². The monoisotopic (exact) mass is 875 g/mol. The van der Waals surface area contributed by atoms with Gasteiger partial charge in [-0.25, -0.2) is 0 Å². The van der Waals surface area contributed by atoms with Crippen molar-refractivity contribution in [3.63, 3.8) is 0 Å². The first-order chi connectivity index (χ1) is 31.8. The molecule has 64 heavy (non-hydrogen) atoms. The van der Waals surface area contributed by atoms with E-state index in [1.54, 1.807) is 270 Å². The predicted molar refractivity (Wildman–Crippen MR) is 271 cm³/mol. The van der Waals surface area contributed by atoms with Crippen LogP contribution in [0, 0.1) is 130 Å². The lowest BCUT2D eigenvalue weighted by Gasteiger charge is -2.66. The van der Waals surface area contributed by atoms with Crippen LogP contribution in [0.25, 0.3) is 0 Å². The Kier molecular flexibility index (Phi) is 14.6. The maximum Gasteiger partial charge on any atom is -0.0318 e. The normalized spacial score (nSPS) is 49.5. The molecule has 0 bridgehead atoms. The van der Waals surface area contributed by atoms with Crippen molar-refractivity contribution in [2.75, 3.05) is 0 Å². The number of rotatable bonds is 7. The average molecular weight is 876 g/mol. The summed E-state index contributed by atoms with van der Waals surface area (Å²) in [6.45, 7) is 0. The molecule has 12 aliphatic carbocycles.